The number of nitrogens with zero attached hydrogens (tertiary/aromatic N) is 1. The summed E-state index contributed by atoms with van der Waals surface area (Å²) in [5, 5.41) is 5.15. The summed E-state index contributed by atoms with van der Waals surface area (Å²) in [5.41, 5.74) is 3.87. The van der Waals surface area contributed by atoms with E-state index in [0.29, 0.717) is 24.5 Å². The van der Waals surface area contributed by atoms with Crippen molar-refractivity contribution in [3.8, 4) is 5.75 Å². The number of benzene rings is 1. The van der Waals surface area contributed by atoms with Gasteiger partial charge in [0, 0.05) is 12.0 Å². The fraction of sp³-hybridized carbons (Fsp3) is 0.160. The lowest BCUT2D eigenvalue weighted by atomic mass is 9.96. The quantitative estimate of drug-likeness (QED) is 0.689. The Morgan fingerprint density at radius 3 is 2.66 bits per heavy atom. The largest absolute Gasteiger partial charge is 0.496 e. The van der Waals surface area contributed by atoms with E-state index in [0.717, 1.165) is 22.4 Å². The number of pyridine rings is 1. The van der Waals surface area contributed by atoms with E-state index in [9.17, 15) is 9.59 Å². The first kappa shape index (κ1) is 21.1. The van der Waals surface area contributed by atoms with Crippen molar-refractivity contribution in [2.75, 3.05) is 13.7 Å². The van der Waals surface area contributed by atoms with Crippen LogP contribution in [0, 0.1) is 0 Å². The van der Waals surface area contributed by atoms with E-state index >= 15 is 0 Å². The summed E-state index contributed by atoms with van der Waals surface area (Å²) in [6.07, 6.45) is 9.62. The number of allylic oxidation sites excluding steroid dienone is 5. The molecule has 0 atom stereocenters. The van der Waals surface area contributed by atoms with Gasteiger partial charge in [0.15, 0.2) is 0 Å². The molecule has 1 aliphatic carbocycles. The lowest BCUT2D eigenvalue weighted by molar-refractivity contribution is -0.127. The molecule has 0 spiro atoms. The van der Waals surface area contributed by atoms with E-state index < -0.39 is 0 Å². The molecule has 1 aromatic carbocycles. The second-order valence-corrected chi connectivity index (χ2v) is 7.30. The first-order valence-corrected chi connectivity index (χ1v) is 10.2. The Kier molecular flexibility index (Phi) is 6.46. The van der Waals surface area contributed by atoms with Crippen LogP contribution in [0.3, 0.4) is 0 Å². The molecule has 1 saturated heterocycles. The molecular weight excluding hydrogens is 406 g/mol. The molecule has 0 radical (unpaired) electrons. The Hall–Kier alpha value is -4.13. The van der Waals surface area contributed by atoms with Gasteiger partial charge in [0.25, 0.3) is 5.91 Å². The summed E-state index contributed by atoms with van der Waals surface area (Å²) in [6.45, 7) is 0.465. The summed E-state index contributed by atoms with van der Waals surface area (Å²) in [6, 6.07) is 13.7. The van der Waals surface area contributed by atoms with Crippen LogP contribution in [0.4, 0.5) is 0 Å². The zero-order valence-corrected chi connectivity index (χ0v) is 17.6. The zero-order valence-electron chi connectivity index (χ0n) is 17.6. The average molecular weight is 429 g/mol. The van der Waals surface area contributed by atoms with Crippen LogP contribution in [0.2, 0.25) is 0 Å². The monoisotopic (exact) mass is 429 g/mol. The molecule has 2 aromatic rings. The Morgan fingerprint density at radius 2 is 1.91 bits per heavy atom. The standard InChI is InChI=1S/C25H23N3O4/c1-31-23-10-7-18(11-19(23)13-22-25(30)27-15-24(29)28-22)12-20-8-9-21(14-26-20)32-16-17-5-3-2-4-6-17/h2-10,12-14H,11,15-16H2,1H3,(H,27,30)(H,28,29). The highest BCUT2D eigenvalue weighted by Crippen LogP contribution is 2.27. The molecule has 0 saturated carbocycles. The number of amides is 2. The summed E-state index contributed by atoms with van der Waals surface area (Å²) in [5.74, 6) is 0.762. The Bertz CT molecular complexity index is 1130. The Labute approximate surface area is 186 Å². The number of aromatic nitrogens is 1. The second kappa shape index (κ2) is 9.78. The number of carbonyl (C=O) groups excluding carboxylic acids is 2. The number of hydrogen-bond acceptors (Lipinski definition) is 5. The van der Waals surface area contributed by atoms with Crippen LogP contribution in [0.1, 0.15) is 17.7 Å². The number of piperazine rings is 1. The van der Waals surface area contributed by atoms with E-state index in [4.69, 9.17) is 9.47 Å². The van der Waals surface area contributed by atoms with Crippen molar-refractivity contribution in [1.82, 2.24) is 15.6 Å². The molecule has 2 aliphatic rings. The topological polar surface area (TPSA) is 89.6 Å². The molecule has 32 heavy (non-hydrogen) atoms. The molecule has 1 aromatic heterocycles. The van der Waals surface area contributed by atoms with Crippen molar-refractivity contribution in [2.24, 2.45) is 0 Å². The molecule has 4 rings (SSSR count). The molecule has 2 heterocycles. The number of hydrogen-bond donors (Lipinski definition) is 2. The van der Waals surface area contributed by atoms with Crippen molar-refractivity contribution >= 4 is 17.9 Å². The van der Waals surface area contributed by atoms with Gasteiger partial charge in [-0.2, -0.15) is 0 Å². The SMILES string of the molecule is COC1=C(C=C2NC(=O)CNC2=O)CC(=Cc2ccc(OCc3ccccc3)cn2)C=C1. The molecular formula is C25H23N3O4. The fourth-order valence-corrected chi connectivity index (χ4v) is 3.35. The van der Waals surface area contributed by atoms with Gasteiger partial charge in [-0.1, -0.05) is 36.4 Å². The molecule has 1 aliphatic heterocycles. The summed E-state index contributed by atoms with van der Waals surface area (Å²) >= 11 is 0. The molecule has 162 valence electrons. The summed E-state index contributed by atoms with van der Waals surface area (Å²) in [7, 11) is 1.57. The van der Waals surface area contributed by atoms with Crippen molar-refractivity contribution in [3.63, 3.8) is 0 Å². The summed E-state index contributed by atoms with van der Waals surface area (Å²) in [4.78, 5) is 28.1. The van der Waals surface area contributed by atoms with Crippen LogP contribution in [0.5, 0.6) is 5.75 Å². The van der Waals surface area contributed by atoms with Gasteiger partial charge in [-0.3, -0.25) is 14.6 Å². The number of rotatable bonds is 6. The molecule has 2 N–H and O–H groups in total. The van der Waals surface area contributed by atoms with E-state index in [1.165, 1.54) is 0 Å². The van der Waals surface area contributed by atoms with E-state index in [1.54, 1.807) is 19.4 Å². The highest BCUT2D eigenvalue weighted by atomic mass is 16.5. The third-order valence-corrected chi connectivity index (χ3v) is 4.97. The molecule has 7 heteroatoms. The van der Waals surface area contributed by atoms with Crippen molar-refractivity contribution < 1.29 is 19.1 Å². The molecule has 0 unspecified atom stereocenters. The van der Waals surface area contributed by atoms with E-state index in [-0.39, 0.29) is 24.1 Å². The fourth-order valence-electron chi connectivity index (χ4n) is 3.35. The van der Waals surface area contributed by atoms with Crippen molar-refractivity contribution in [2.45, 2.75) is 13.0 Å². The van der Waals surface area contributed by atoms with Crippen LogP contribution < -0.4 is 15.4 Å². The molecule has 0 bridgehead atoms. The van der Waals surface area contributed by atoms with Crippen LogP contribution in [-0.4, -0.2) is 30.5 Å². The maximum absolute atomic E-state index is 12.0. The second-order valence-electron chi connectivity index (χ2n) is 7.30. The maximum Gasteiger partial charge on any atom is 0.268 e. The minimum atomic E-state index is -0.319. The predicted octanol–water partition coefficient (Wildman–Crippen LogP) is 3.03. The lowest BCUT2D eigenvalue weighted by Gasteiger charge is -2.19. The highest BCUT2D eigenvalue weighted by Gasteiger charge is 2.21. The third kappa shape index (κ3) is 5.31. The smallest absolute Gasteiger partial charge is 0.268 e. The van der Waals surface area contributed by atoms with Crippen LogP contribution in [0.25, 0.3) is 6.08 Å². The number of nitrogens with one attached hydrogen (secondary N) is 2. The van der Waals surface area contributed by atoms with Gasteiger partial charge in [0.05, 0.1) is 25.5 Å². The van der Waals surface area contributed by atoms with Gasteiger partial charge in [0.1, 0.15) is 23.8 Å². The number of carbonyl (C=O) groups is 2. The number of ether oxygens (including phenoxy) is 2. The van der Waals surface area contributed by atoms with Gasteiger partial charge in [-0.15, -0.1) is 0 Å². The van der Waals surface area contributed by atoms with Crippen molar-refractivity contribution in [3.05, 3.63) is 101 Å². The van der Waals surface area contributed by atoms with Gasteiger partial charge in [-0.05, 0) is 41.5 Å². The lowest BCUT2D eigenvalue weighted by Crippen LogP contribution is -2.47. The molecule has 2 amide bonds. The minimum absolute atomic E-state index is 0.0197. The maximum atomic E-state index is 12.0. The first-order valence-electron chi connectivity index (χ1n) is 10.2. The third-order valence-electron chi connectivity index (χ3n) is 4.97. The van der Waals surface area contributed by atoms with Gasteiger partial charge >= 0.3 is 0 Å². The minimum Gasteiger partial charge on any atom is -0.496 e. The van der Waals surface area contributed by atoms with Crippen LogP contribution in [-0.2, 0) is 20.9 Å². The molecule has 1 fully saturated rings. The van der Waals surface area contributed by atoms with Crippen LogP contribution >= 0.6 is 0 Å². The van der Waals surface area contributed by atoms with Gasteiger partial charge in [0.2, 0.25) is 5.91 Å². The Morgan fingerprint density at radius 1 is 1.06 bits per heavy atom. The molecule has 7 nitrogen and oxygen atoms in total. The normalized spacial score (nSPS) is 18.5. The Balaban J connectivity index is 1.45. The predicted molar refractivity (Wildman–Crippen MR) is 120 cm³/mol. The van der Waals surface area contributed by atoms with Crippen molar-refractivity contribution in [1.29, 1.82) is 0 Å². The summed E-state index contributed by atoms with van der Waals surface area (Å²) < 4.78 is 11.2. The van der Waals surface area contributed by atoms with E-state index in [1.807, 2.05) is 60.7 Å². The highest BCUT2D eigenvalue weighted by molar-refractivity contribution is 6.03. The first-order chi connectivity index (χ1) is 15.6. The number of methoxy groups -OCH3 is 1. The van der Waals surface area contributed by atoms with Gasteiger partial charge in [-0.25, -0.2) is 0 Å². The van der Waals surface area contributed by atoms with Gasteiger partial charge < -0.3 is 20.1 Å². The zero-order chi connectivity index (χ0) is 22.3. The van der Waals surface area contributed by atoms with E-state index in [2.05, 4.69) is 15.6 Å². The van der Waals surface area contributed by atoms with Crippen LogP contribution in [0.15, 0.2) is 89.5 Å². The average Bonchev–Trinajstić information content (AvgIpc) is 2.82.